The Morgan fingerprint density at radius 1 is 1.36 bits per heavy atom. The molecule has 2 aromatic rings. The van der Waals surface area contributed by atoms with Crippen LogP contribution in [0.15, 0.2) is 35.2 Å². The van der Waals surface area contributed by atoms with Gasteiger partial charge < -0.3 is 5.32 Å². The highest BCUT2D eigenvalue weighted by Crippen LogP contribution is 2.19. The minimum atomic E-state index is -0.00555. The van der Waals surface area contributed by atoms with Gasteiger partial charge in [-0.25, -0.2) is 4.98 Å². The quantitative estimate of drug-likeness (QED) is 0.919. The number of nitrogens with zero attached hydrogens (tertiary/aromatic N) is 2. The number of rotatable bonds is 5. The van der Waals surface area contributed by atoms with Crippen molar-refractivity contribution in [1.29, 1.82) is 0 Å². The molecule has 6 heteroatoms. The van der Waals surface area contributed by atoms with E-state index >= 15 is 0 Å². The Kier molecular flexibility index (Phi) is 4.48. The van der Waals surface area contributed by atoms with Gasteiger partial charge >= 0.3 is 0 Å². The smallest absolute Gasteiger partial charge is 0.228 e. The van der Waals surface area contributed by atoms with Crippen LogP contribution in [0.3, 0.4) is 0 Å². The van der Waals surface area contributed by atoms with Gasteiger partial charge in [-0.2, -0.15) is 11.3 Å². The van der Waals surface area contributed by atoms with Crippen LogP contribution in [-0.2, 0) is 22.6 Å². The summed E-state index contributed by atoms with van der Waals surface area (Å²) < 4.78 is 0. The first kappa shape index (κ1) is 14.7. The molecule has 22 heavy (non-hydrogen) atoms. The maximum atomic E-state index is 11.9. The van der Waals surface area contributed by atoms with E-state index in [4.69, 9.17) is 0 Å². The zero-order valence-electron chi connectivity index (χ0n) is 12.1. The molecule has 0 saturated carbocycles. The first-order chi connectivity index (χ1) is 10.7. The van der Waals surface area contributed by atoms with Gasteiger partial charge in [0.15, 0.2) is 0 Å². The van der Waals surface area contributed by atoms with Crippen LogP contribution in [0.1, 0.15) is 24.0 Å². The third kappa shape index (κ3) is 3.51. The second-order valence-corrected chi connectivity index (χ2v) is 6.04. The van der Waals surface area contributed by atoms with Crippen molar-refractivity contribution in [3.05, 3.63) is 46.3 Å². The molecule has 0 aliphatic carbocycles. The number of nitrogens with one attached hydrogen (secondary N) is 1. The van der Waals surface area contributed by atoms with Gasteiger partial charge in [0, 0.05) is 25.7 Å². The molecule has 1 aliphatic heterocycles. The molecule has 0 aromatic carbocycles. The van der Waals surface area contributed by atoms with Gasteiger partial charge in [-0.15, -0.1) is 0 Å². The van der Waals surface area contributed by atoms with E-state index in [2.05, 4.69) is 10.3 Å². The Bertz CT molecular complexity index is 670. The van der Waals surface area contributed by atoms with E-state index in [1.807, 2.05) is 29.0 Å². The lowest BCUT2D eigenvalue weighted by molar-refractivity contribution is -0.120. The fourth-order valence-electron chi connectivity index (χ4n) is 2.45. The summed E-state index contributed by atoms with van der Waals surface area (Å²) in [4.78, 5) is 29.6. The van der Waals surface area contributed by atoms with Crippen molar-refractivity contribution in [2.24, 2.45) is 0 Å². The van der Waals surface area contributed by atoms with Crippen LogP contribution in [0.4, 0.5) is 5.82 Å². The molecule has 3 heterocycles. The SMILES string of the molecule is O=C(Cc1ccsc1)NCc1ccnc(N2CCCC2=O)c1. The van der Waals surface area contributed by atoms with E-state index < -0.39 is 0 Å². The average Bonchev–Trinajstić information content (AvgIpc) is 3.17. The lowest BCUT2D eigenvalue weighted by Gasteiger charge is -2.15. The number of hydrogen-bond donors (Lipinski definition) is 1. The van der Waals surface area contributed by atoms with E-state index in [-0.39, 0.29) is 11.8 Å². The standard InChI is InChI=1S/C16H17N3O2S/c20-15(9-13-4-7-22-11-13)18-10-12-3-5-17-14(8-12)19-6-1-2-16(19)21/h3-5,7-8,11H,1-2,6,9-10H2,(H,18,20). The van der Waals surface area contributed by atoms with Crippen LogP contribution in [0.5, 0.6) is 0 Å². The lowest BCUT2D eigenvalue weighted by Crippen LogP contribution is -2.26. The van der Waals surface area contributed by atoms with Crippen molar-refractivity contribution in [2.75, 3.05) is 11.4 Å². The summed E-state index contributed by atoms with van der Waals surface area (Å²) in [5, 5.41) is 6.84. The highest BCUT2D eigenvalue weighted by atomic mass is 32.1. The third-order valence-corrected chi connectivity index (χ3v) is 4.33. The van der Waals surface area contributed by atoms with Crippen LogP contribution in [0.25, 0.3) is 0 Å². The topological polar surface area (TPSA) is 62.3 Å². The second kappa shape index (κ2) is 6.70. The van der Waals surface area contributed by atoms with Gasteiger partial charge in [-0.05, 0) is 46.5 Å². The first-order valence-electron chi connectivity index (χ1n) is 7.25. The van der Waals surface area contributed by atoms with Crippen LogP contribution in [0, 0.1) is 0 Å². The molecule has 1 fully saturated rings. The Morgan fingerprint density at radius 2 is 2.27 bits per heavy atom. The number of thiophene rings is 1. The molecule has 114 valence electrons. The number of carbonyl (C=O) groups excluding carboxylic acids is 2. The molecular formula is C16H17N3O2S. The maximum absolute atomic E-state index is 11.9. The van der Waals surface area contributed by atoms with E-state index in [1.165, 1.54) is 0 Å². The van der Waals surface area contributed by atoms with Gasteiger partial charge in [-0.1, -0.05) is 0 Å². The molecule has 1 N–H and O–H groups in total. The predicted octanol–water partition coefficient (Wildman–Crippen LogP) is 2.13. The first-order valence-corrected chi connectivity index (χ1v) is 8.20. The summed E-state index contributed by atoms with van der Waals surface area (Å²) in [6.45, 7) is 1.17. The van der Waals surface area contributed by atoms with Crippen molar-refractivity contribution >= 4 is 29.0 Å². The number of aromatic nitrogens is 1. The molecule has 0 unspecified atom stereocenters. The van der Waals surface area contributed by atoms with Crippen LogP contribution >= 0.6 is 11.3 Å². The monoisotopic (exact) mass is 315 g/mol. The van der Waals surface area contributed by atoms with Gasteiger partial charge in [0.05, 0.1) is 6.42 Å². The summed E-state index contributed by atoms with van der Waals surface area (Å²) in [7, 11) is 0. The summed E-state index contributed by atoms with van der Waals surface area (Å²) in [6, 6.07) is 5.68. The minimum absolute atomic E-state index is 0.00555. The zero-order valence-corrected chi connectivity index (χ0v) is 12.9. The molecule has 0 spiro atoms. The number of pyridine rings is 1. The van der Waals surface area contributed by atoms with Crippen LogP contribution in [0.2, 0.25) is 0 Å². The van der Waals surface area contributed by atoms with Gasteiger partial charge in [0.25, 0.3) is 0 Å². The molecule has 2 amide bonds. The number of anilines is 1. The van der Waals surface area contributed by atoms with Crippen LogP contribution < -0.4 is 10.2 Å². The molecule has 0 radical (unpaired) electrons. The normalized spacial score (nSPS) is 14.4. The Morgan fingerprint density at radius 3 is 3.00 bits per heavy atom. The molecule has 0 bridgehead atoms. The van der Waals surface area contributed by atoms with E-state index in [0.717, 1.165) is 24.1 Å². The highest BCUT2D eigenvalue weighted by molar-refractivity contribution is 7.08. The van der Waals surface area contributed by atoms with Crippen molar-refractivity contribution in [1.82, 2.24) is 10.3 Å². The predicted molar refractivity (Wildman–Crippen MR) is 85.7 cm³/mol. The van der Waals surface area contributed by atoms with E-state index in [9.17, 15) is 9.59 Å². The van der Waals surface area contributed by atoms with Gasteiger partial charge in [-0.3, -0.25) is 14.5 Å². The molecular weight excluding hydrogens is 298 g/mol. The van der Waals surface area contributed by atoms with Crippen molar-refractivity contribution in [2.45, 2.75) is 25.8 Å². The molecule has 0 atom stereocenters. The maximum Gasteiger partial charge on any atom is 0.228 e. The summed E-state index contributed by atoms with van der Waals surface area (Å²) in [5.74, 6) is 0.784. The van der Waals surface area contributed by atoms with Crippen molar-refractivity contribution < 1.29 is 9.59 Å². The number of carbonyl (C=O) groups is 2. The van der Waals surface area contributed by atoms with Crippen LogP contribution in [-0.4, -0.2) is 23.3 Å². The zero-order chi connectivity index (χ0) is 15.4. The van der Waals surface area contributed by atoms with E-state index in [0.29, 0.717) is 25.2 Å². The fraction of sp³-hybridized carbons (Fsp3) is 0.312. The molecule has 5 nitrogen and oxygen atoms in total. The number of amides is 2. The Balaban J connectivity index is 1.58. The fourth-order valence-corrected chi connectivity index (χ4v) is 3.12. The average molecular weight is 315 g/mol. The number of hydrogen-bond acceptors (Lipinski definition) is 4. The molecule has 3 rings (SSSR count). The Hall–Kier alpha value is -2.21. The second-order valence-electron chi connectivity index (χ2n) is 5.26. The lowest BCUT2D eigenvalue weighted by atomic mass is 10.2. The molecule has 1 aliphatic rings. The van der Waals surface area contributed by atoms with Crippen molar-refractivity contribution in [3.63, 3.8) is 0 Å². The largest absolute Gasteiger partial charge is 0.352 e. The Labute approximate surface area is 133 Å². The van der Waals surface area contributed by atoms with Crippen molar-refractivity contribution in [3.8, 4) is 0 Å². The van der Waals surface area contributed by atoms with Gasteiger partial charge in [0.1, 0.15) is 5.82 Å². The third-order valence-electron chi connectivity index (χ3n) is 3.59. The molecule has 2 aromatic heterocycles. The summed E-state index contributed by atoms with van der Waals surface area (Å²) in [5.41, 5.74) is 1.98. The highest BCUT2D eigenvalue weighted by Gasteiger charge is 2.22. The summed E-state index contributed by atoms with van der Waals surface area (Å²) >= 11 is 1.59. The van der Waals surface area contributed by atoms with Gasteiger partial charge in [0.2, 0.25) is 11.8 Å². The summed E-state index contributed by atoms with van der Waals surface area (Å²) in [6.07, 6.45) is 3.54. The minimum Gasteiger partial charge on any atom is -0.352 e. The molecule has 1 saturated heterocycles. The van der Waals surface area contributed by atoms with E-state index in [1.54, 1.807) is 22.4 Å².